The Bertz CT molecular complexity index is 700. The van der Waals surface area contributed by atoms with Gasteiger partial charge < -0.3 is 4.74 Å². The second-order valence-electron chi connectivity index (χ2n) is 6.87. The number of morpholine rings is 1. The second-order valence-corrected chi connectivity index (χ2v) is 6.87. The molecule has 4 rings (SSSR count). The first-order valence-corrected chi connectivity index (χ1v) is 8.82. The van der Waals surface area contributed by atoms with Crippen molar-refractivity contribution in [2.45, 2.75) is 37.3 Å². The molecule has 2 saturated heterocycles. The molecule has 3 heteroatoms. The number of piperidine rings is 1. The fourth-order valence-electron chi connectivity index (χ4n) is 4.26. The number of hydrogen-bond acceptors (Lipinski definition) is 3. The first kappa shape index (κ1) is 15.4. The van der Waals surface area contributed by atoms with Crippen LogP contribution in [0.1, 0.15) is 36.4 Å². The van der Waals surface area contributed by atoms with Crippen LogP contribution in [0, 0.1) is 0 Å². The zero-order valence-electron chi connectivity index (χ0n) is 13.9. The number of carbonyl (C=O) groups is 1. The molecule has 2 aliphatic heterocycles. The molecule has 0 radical (unpaired) electrons. The predicted molar refractivity (Wildman–Crippen MR) is 93.6 cm³/mol. The number of ether oxygens (including phenoxy) is 1. The van der Waals surface area contributed by atoms with Gasteiger partial charge in [-0.3, -0.25) is 9.69 Å². The summed E-state index contributed by atoms with van der Waals surface area (Å²) in [6.07, 6.45) is 3.84. The average Bonchev–Trinajstić information content (AvgIpc) is 2.64. The molecule has 2 aliphatic rings. The van der Waals surface area contributed by atoms with Gasteiger partial charge in [-0.25, -0.2) is 0 Å². The number of esters is 1. The van der Waals surface area contributed by atoms with E-state index in [1.54, 1.807) is 0 Å². The molecular weight excluding hydrogens is 298 g/mol. The van der Waals surface area contributed by atoms with E-state index in [9.17, 15) is 4.79 Å². The first-order valence-electron chi connectivity index (χ1n) is 8.82. The summed E-state index contributed by atoms with van der Waals surface area (Å²) in [5.74, 6) is -0.0433. The van der Waals surface area contributed by atoms with Crippen molar-refractivity contribution >= 4 is 5.97 Å². The van der Waals surface area contributed by atoms with Gasteiger partial charge in [0.05, 0.1) is 6.04 Å². The monoisotopic (exact) mass is 321 g/mol. The van der Waals surface area contributed by atoms with Crippen LogP contribution < -0.4 is 0 Å². The third-order valence-corrected chi connectivity index (χ3v) is 5.44. The molecule has 0 N–H and O–H groups in total. The van der Waals surface area contributed by atoms with E-state index in [0.717, 1.165) is 32.2 Å². The van der Waals surface area contributed by atoms with Crippen LogP contribution in [0.5, 0.6) is 0 Å². The number of cyclic esters (lactones) is 1. The Morgan fingerprint density at radius 2 is 1.71 bits per heavy atom. The van der Waals surface area contributed by atoms with Gasteiger partial charge in [-0.05, 0) is 30.4 Å². The number of fused-ring (bicyclic) bond motifs is 1. The molecule has 24 heavy (non-hydrogen) atoms. The summed E-state index contributed by atoms with van der Waals surface area (Å²) >= 11 is 0. The number of hydrogen-bond donors (Lipinski definition) is 0. The Labute approximate surface area is 143 Å². The molecular formula is C21H23NO2. The SMILES string of the molecule is O=C1OC[C@@H](c2ccccc2)N2CCCC[C@@]12Cc1ccccc1. The topological polar surface area (TPSA) is 29.5 Å². The highest BCUT2D eigenvalue weighted by molar-refractivity contribution is 5.82. The lowest BCUT2D eigenvalue weighted by molar-refractivity contribution is -0.181. The first-order chi connectivity index (χ1) is 11.8. The van der Waals surface area contributed by atoms with E-state index in [2.05, 4.69) is 41.3 Å². The quantitative estimate of drug-likeness (QED) is 0.806. The Kier molecular flexibility index (Phi) is 4.11. The molecule has 0 saturated carbocycles. The zero-order valence-corrected chi connectivity index (χ0v) is 13.9. The summed E-state index contributed by atoms with van der Waals surface area (Å²) in [7, 11) is 0. The van der Waals surface area contributed by atoms with Crippen LogP contribution in [0.4, 0.5) is 0 Å². The standard InChI is InChI=1S/C21H23NO2/c23-20-21(15-17-9-3-1-4-10-17)13-7-8-14-22(21)19(16-24-20)18-11-5-2-6-12-18/h1-6,9-12,19H,7-8,13-16H2/t19-,21+/m0/s1. The van der Waals surface area contributed by atoms with Gasteiger partial charge in [0.2, 0.25) is 0 Å². The average molecular weight is 321 g/mol. The van der Waals surface area contributed by atoms with Crippen molar-refractivity contribution in [3.8, 4) is 0 Å². The molecule has 2 aromatic carbocycles. The van der Waals surface area contributed by atoms with Gasteiger partial charge in [-0.15, -0.1) is 0 Å². The van der Waals surface area contributed by atoms with Crippen LogP contribution in [0.3, 0.4) is 0 Å². The molecule has 0 aliphatic carbocycles. The molecule has 0 bridgehead atoms. The molecule has 0 spiro atoms. The third kappa shape index (κ3) is 2.63. The van der Waals surface area contributed by atoms with Gasteiger partial charge in [0, 0.05) is 13.0 Å². The van der Waals surface area contributed by atoms with E-state index in [1.807, 2.05) is 24.3 Å². The summed E-state index contributed by atoms with van der Waals surface area (Å²) in [6.45, 7) is 1.42. The lowest BCUT2D eigenvalue weighted by Gasteiger charge is -2.52. The van der Waals surface area contributed by atoms with E-state index >= 15 is 0 Å². The smallest absolute Gasteiger partial charge is 0.326 e. The number of rotatable bonds is 3. The number of benzene rings is 2. The highest BCUT2D eigenvalue weighted by Crippen LogP contribution is 2.42. The second kappa shape index (κ2) is 6.40. The van der Waals surface area contributed by atoms with E-state index in [1.165, 1.54) is 11.1 Å². The lowest BCUT2D eigenvalue weighted by atomic mass is 9.78. The van der Waals surface area contributed by atoms with E-state index in [-0.39, 0.29) is 12.0 Å². The lowest BCUT2D eigenvalue weighted by Crippen LogP contribution is -2.64. The molecule has 3 nitrogen and oxygen atoms in total. The molecule has 2 atom stereocenters. The van der Waals surface area contributed by atoms with Gasteiger partial charge in [-0.2, -0.15) is 0 Å². The Balaban J connectivity index is 1.72. The largest absolute Gasteiger partial charge is 0.462 e. The fourth-order valence-corrected chi connectivity index (χ4v) is 4.26. The Morgan fingerprint density at radius 1 is 1.00 bits per heavy atom. The third-order valence-electron chi connectivity index (χ3n) is 5.44. The summed E-state index contributed by atoms with van der Waals surface area (Å²) in [5, 5.41) is 0. The van der Waals surface area contributed by atoms with Crippen LogP contribution in [0.25, 0.3) is 0 Å². The molecule has 2 heterocycles. The predicted octanol–water partition coefficient (Wildman–Crippen LogP) is 3.75. The van der Waals surface area contributed by atoms with Gasteiger partial charge in [0.1, 0.15) is 12.1 Å². The highest BCUT2D eigenvalue weighted by Gasteiger charge is 2.52. The number of nitrogens with zero attached hydrogens (tertiary/aromatic N) is 1. The molecule has 124 valence electrons. The molecule has 0 amide bonds. The van der Waals surface area contributed by atoms with Crippen molar-refractivity contribution in [1.82, 2.24) is 4.90 Å². The van der Waals surface area contributed by atoms with Crippen molar-refractivity contribution in [3.63, 3.8) is 0 Å². The minimum absolute atomic E-state index is 0.0433. The maximum absolute atomic E-state index is 12.9. The van der Waals surface area contributed by atoms with Crippen LogP contribution in [0.2, 0.25) is 0 Å². The maximum atomic E-state index is 12.9. The van der Waals surface area contributed by atoms with Crippen LogP contribution in [0.15, 0.2) is 60.7 Å². The van der Waals surface area contributed by atoms with Crippen molar-refractivity contribution in [1.29, 1.82) is 0 Å². The summed E-state index contributed by atoms with van der Waals surface area (Å²) in [5.41, 5.74) is 1.93. The van der Waals surface area contributed by atoms with Crippen molar-refractivity contribution in [3.05, 3.63) is 71.8 Å². The van der Waals surface area contributed by atoms with Gasteiger partial charge >= 0.3 is 5.97 Å². The Morgan fingerprint density at radius 3 is 2.46 bits per heavy atom. The number of carbonyl (C=O) groups excluding carboxylic acids is 1. The van der Waals surface area contributed by atoms with E-state index in [0.29, 0.717) is 6.61 Å². The van der Waals surface area contributed by atoms with Crippen LogP contribution in [-0.2, 0) is 16.0 Å². The molecule has 0 aromatic heterocycles. The minimum atomic E-state index is -0.516. The van der Waals surface area contributed by atoms with Crippen LogP contribution >= 0.6 is 0 Å². The van der Waals surface area contributed by atoms with E-state index in [4.69, 9.17) is 4.74 Å². The van der Waals surface area contributed by atoms with Crippen molar-refractivity contribution in [2.75, 3.05) is 13.2 Å². The minimum Gasteiger partial charge on any atom is -0.462 e. The maximum Gasteiger partial charge on any atom is 0.326 e. The fraction of sp³-hybridized carbons (Fsp3) is 0.381. The summed E-state index contributed by atoms with van der Waals surface area (Å²) < 4.78 is 5.71. The highest BCUT2D eigenvalue weighted by atomic mass is 16.5. The Hall–Kier alpha value is -2.13. The van der Waals surface area contributed by atoms with Gasteiger partial charge in [0.15, 0.2) is 0 Å². The molecule has 2 aromatic rings. The summed E-state index contributed by atoms with van der Waals surface area (Å²) in [4.78, 5) is 15.3. The van der Waals surface area contributed by atoms with Gasteiger partial charge in [0.25, 0.3) is 0 Å². The van der Waals surface area contributed by atoms with Crippen molar-refractivity contribution in [2.24, 2.45) is 0 Å². The van der Waals surface area contributed by atoms with Crippen molar-refractivity contribution < 1.29 is 9.53 Å². The summed E-state index contributed by atoms with van der Waals surface area (Å²) in [6, 6.07) is 20.9. The van der Waals surface area contributed by atoms with Crippen LogP contribution in [-0.4, -0.2) is 29.6 Å². The molecule has 2 fully saturated rings. The normalized spacial score (nSPS) is 27.3. The van der Waals surface area contributed by atoms with Gasteiger partial charge in [-0.1, -0.05) is 60.7 Å². The molecule has 0 unspecified atom stereocenters. The van der Waals surface area contributed by atoms with E-state index < -0.39 is 5.54 Å². The zero-order chi connectivity index (χ0) is 16.4.